The molecule has 0 aliphatic heterocycles. The van der Waals surface area contributed by atoms with E-state index in [9.17, 15) is 19.2 Å². The molecular formula is C18H17ClN2O5S. The average Bonchev–Trinajstić information content (AvgIpc) is 3.14. The first-order chi connectivity index (χ1) is 12.8. The van der Waals surface area contributed by atoms with E-state index in [1.807, 2.05) is 0 Å². The molecule has 1 aromatic heterocycles. The number of hydrogen-bond acceptors (Lipinski definition) is 6. The third-order valence-electron chi connectivity index (χ3n) is 3.38. The van der Waals surface area contributed by atoms with Gasteiger partial charge in [-0.1, -0.05) is 29.8 Å². The highest BCUT2D eigenvalue weighted by atomic mass is 35.5. The monoisotopic (exact) mass is 408 g/mol. The van der Waals surface area contributed by atoms with E-state index in [4.69, 9.17) is 16.3 Å². The van der Waals surface area contributed by atoms with Crippen LogP contribution in [0.1, 0.15) is 34.6 Å². The lowest BCUT2D eigenvalue weighted by Gasteiger charge is -2.17. The van der Waals surface area contributed by atoms with Gasteiger partial charge < -0.3 is 10.1 Å². The Morgan fingerprint density at radius 3 is 2.44 bits per heavy atom. The molecule has 2 rings (SSSR count). The number of carbonyl (C=O) groups is 4. The first-order valence-corrected chi connectivity index (χ1v) is 9.17. The molecule has 7 nitrogen and oxygen atoms in total. The normalized spacial score (nSPS) is 11.3. The minimum atomic E-state index is -0.732. The van der Waals surface area contributed by atoms with Gasteiger partial charge in [0.2, 0.25) is 5.91 Å². The number of benzene rings is 1. The molecule has 0 unspecified atom stereocenters. The Morgan fingerprint density at radius 2 is 1.85 bits per heavy atom. The third-order valence-corrected chi connectivity index (χ3v) is 4.50. The van der Waals surface area contributed by atoms with Gasteiger partial charge in [-0.3, -0.25) is 24.5 Å². The Bertz CT molecular complexity index is 821. The molecule has 1 heterocycles. The quantitative estimate of drug-likeness (QED) is 0.685. The van der Waals surface area contributed by atoms with Crippen molar-refractivity contribution in [1.82, 2.24) is 10.6 Å². The summed E-state index contributed by atoms with van der Waals surface area (Å²) >= 11 is 7.03. The molecule has 0 aliphatic rings. The molecule has 0 aliphatic carbocycles. The van der Waals surface area contributed by atoms with Crippen LogP contribution in [0.25, 0.3) is 0 Å². The number of esters is 1. The van der Waals surface area contributed by atoms with Crippen molar-refractivity contribution in [3.05, 3.63) is 57.2 Å². The van der Waals surface area contributed by atoms with E-state index < -0.39 is 30.4 Å². The van der Waals surface area contributed by atoms with E-state index in [0.29, 0.717) is 15.5 Å². The van der Waals surface area contributed by atoms with Crippen LogP contribution in [0.15, 0.2) is 41.8 Å². The van der Waals surface area contributed by atoms with Crippen LogP contribution in [0.4, 0.5) is 0 Å². The topological polar surface area (TPSA) is 102 Å². The van der Waals surface area contributed by atoms with Gasteiger partial charge in [0.15, 0.2) is 6.61 Å². The molecule has 2 aromatic rings. The zero-order valence-electron chi connectivity index (χ0n) is 14.4. The highest BCUT2D eigenvalue weighted by Crippen LogP contribution is 2.20. The molecule has 2 N–H and O–H groups in total. The third kappa shape index (κ3) is 6.84. The van der Waals surface area contributed by atoms with Gasteiger partial charge in [-0.2, -0.15) is 0 Å². The van der Waals surface area contributed by atoms with E-state index in [1.165, 1.54) is 18.3 Å². The van der Waals surface area contributed by atoms with E-state index in [2.05, 4.69) is 10.6 Å². The van der Waals surface area contributed by atoms with E-state index in [0.717, 1.165) is 0 Å². The summed E-state index contributed by atoms with van der Waals surface area (Å²) in [7, 11) is 0. The maximum Gasteiger partial charge on any atom is 0.308 e. The first kappa shape index (κ1) is 20.6. The van der Waals surface area contributed by atoms with Crippen molar-refractivity contribution in [3.8, 4) is 0 Å². The van der Waals surface area contributed by atoms with Crippen LogP contribution >= 0.6 is 22.9 Å². The van der Waals surface area contributed by atoms with E-state index in [1.54, 1.807) is 41.8 Å². The predicted molar refractivity (Wildman–Crippen MR) is 100 cm³/mol. The summed E-state index contributed by atoms with van der Waals surface area (Å²) in [6.07, 6.45) is -0.173. The lowest BCUT2D eigenvalue weighted by molar-refractivity contribution is -0.149. The van der Waals surface area contributed by atoms with Crippen molar-refractivity contribution < 1.29 is 23.9 Å². The number of hydrogen-bond donors (Lipinski definition) is 2. The molecule has 0 radical (unpaired) electrons. The molecular weight excluding hydrogens is 392 g/mol. The Kier molecular flexibility index (Phi) is 7.51. The fourth-order valence-electron chi connectivity index (χ4n) is 2.20. The molecule has 0 spiro atoms. The van der Waals surface area contributed by atoms with Crippen LogP contribution in [0.5, 0.6) is 0 Å². The lowest BCUT2D eigenvalue weighted by atomic mass is 10.0. The van der Waals surface area contributed by atoms with Gasteiger partial charge in [-0.15, -0.1) is 11.3 Å². The smallest absolute Gasteiger partial charge is 0.308 e. The number of ether oxygens (including phenoxy) is 1. The van der Waals surface area contributed by atoms with Crippen molar-refractivity contribution in [3.63, 3.8) is 0 Å². The second-order valence-corrected chi connectivity index (χ2v) is 6.91. The van der Waals surface area contributed by atoms with Gasteiger partial charge in [0, 0.05) is 11.9 Å². The molecule has 0 saturated heterocycles. The number of amides is 3. The van der Waals surface area contributed by atoms with Gasteiger partial charge in [0.1, 0.15) is 0 Å². The summed E-state index contributed by atoms with van der Waals surface area (Å²) in [5.41, 5.74) is 0.670. The molecule has 0 fully saturated rings. The van der Waals surface area contributed by atoms with Gasteiger partial charge in [0.25, 0.3) is 11.8 Å². The first-order valence-electron chi connectivity index (χ1n) is 7.91. The number of carbonyl (C=O) groups excluding carboxylic acids is 4. The Hall–Kier alpha value is -2.71. The fourth-order valence-corrected chi connectivity index (χ4v) is 2.94. The number of halogens is 1. The van der Waals surface area contributed by atoms with Crippen LogP contribution in [0.3, 0.4) is 0 Å². The number of nitrogens with one attached hydrogen (secondary N) is 2. The highest BCUT2D eigenvalue weighted by Gasteiger charge is 2.19. The van der Waals surface area contributed by atoms with Gasteiger partial charge in [-0.05, 0) is 29.1 Å². The SMILES string of the molecule is CC(=O)N[C@H](CC(=O)OCC(=O)NC(=O)c1cccs1)c1ccc(Cl)cc1. The van der Waals surface area contributed by atoms with Crippen molar-refractivity contribution in [2.45, 2.75) is 19.4 Å². The number of rotatable bonds is 7. The Balaban J connectivity index is 1.87. The summed E-state index contributed by atoms with van der Waals surface area (Å²) in [5.74, 6) is -2.29. The lowest BCUT2D eigenvalue weighted by Crippen LogP contribution is -2.34. The predicted octanol–water partition coefficient (Wildman–Crippen LogP) is 2.47. The van der Waals surface area contributed by atoms with Crippen LogP contribution in [-0.2, 0) is 19.1 Å². The minimum Gasteiger partial charge on any atom is -0.455 e. The summed E-state index contributed by atoms with van der Waals surface area (Å²) in [6, 6.07) is 9.28. The Morgan fingerprint density at radius 1 is 1.15 bits per heavy atom. The summed E-state index contributed by atoms with van der Waals surface area (Å²) < 4.78 is 4.90. The van der Waals surface area contributed by atoms with Crippen molar-refractivity contribution in [2.24, 2.45) is 0 Å². The van der Waals surface area contributed by atoms with Gasteiger partial charge in [0.05, 0.1) is 17.3 Å². The molecule has 142 valence electrons. The Labute approximate surface area is 164 Å². The largest absolute Gasteiger partial charge is 0.455 e. The second-order valence-electron chi connectivity index (χ2n) is 5.52. The zero-order valence-corrected chi connectivity index (χ0v) is 15.9. The molecule has 3 amide bonds. The number of imide groups is 1. The molecule has 0 saturated carbocycles. The van der Waals surface area contributed by atoms with E-state index >= 15 is 0 Å². The van der Waals surface area contributed by atoms with Crippen LogP contribution in [0, 0.1) is 0 Å². The molecule has 27 heavy (non-hydrogen) atoms. The van der Waals surface area contributed by atoms with Crippen molar-refractivity contribution in [2.75, 3.05) is 6.61 Å². The van der Waals surface area contributed by atoms with Gasteiger partial charge >= 0.3 is 5.97 Å². The van der Waals surface area contributed by atoms with E-state index in [-0.39, 0.29) is 12.3 Å². The maximum absolute atomic E-state index is 12.0. The zero-order chi connectivity index (χ0) is 19.8. The highest BCUT2D eigenvalue weighted by molar-refractivity contribution is 7.12. The molecule has 1 aromatic carbocycles. The fraction of sp³-hybridized carbons (Fsp3) is 0.222. The average molecular weight is 409 g/mol. The van der Waals surface area contributed by atoms with Crippen LogP contribution in [0.2, 0.25) is 5.02 Å². The molecule has 1 atom stereocenters. The molecule has 9 heteroatoms. The second kappa shape index (κ2) is 9.84. The number of thiophene rings is 1. The van der Waals surface area contributed by atoms with Crippen molar-refractivity contribution >= 4 is 46.6 Å². The minimum absolute atomic E-state index is 0.173. The van der Waals surface area contributed by atoms with Crippen LogP contribution < -0.4 is 10.6 Å². The summed E-state index contributed by atoms with van der Waals surface area (Å²) in [5, 5.41) is 7.01. The van der Waals surface area contributed by atoms with Gasteiger partial charge in [-0.25, -0.2) is 0 Å². The standard InChI is InChI=1S/C18H17ClN2O5S/c1-11(22)20-14(12-4-6-13(19)7-5-12)9-17(24)26-10-16(23)21-18(25)15-3-2-8-27-15/h2-8,14H,9-10H2,1H3,(H,20,22)(H,21,23,25)/t14-/m1/s1. The molecule has 0 bridgehead atoms. The summed E-state index contributed by atoms with van der Waals surface area (Å²) in [4.78, 5) is 47.3. The van der Waals surface area contributed by atoms with Crippen LogP contribution in [-0.4, -0.2) is 30.3 Å². The maximum atomic E-state index is 12.0. The van der Waals surface area contributed by atoms with Crippen molar-refractivity contribution in [1.29, 1.82) is 0 Å². The summed E-state index contributed by atoms with van der Waals surface area (Å²) in [6.45, 7) is 0.737.